The molecule has 25 heavy (non-hydrogen) atoms. The first kappa shape index (κ1) is 21.6. The SMILES string of the molecule is NCCCCCC(=O)O.O=C(O)CCCC[C@@H]1SC[C@@H]2NC(=O)N[C@@H]21. The number of hydrogen-bond donors (Lipinski definition) is 5. The number of carbonyl (C=O) groups excluding carboxylic acids is 1. The van der Waals surface area contributed by atoms with Crippen LogP contribution in [0.3, 0.4) is 0 Å². The van der Waals surface area contributed by atoms with E-state index in [1.807, 2.05) is 11.8 Å². The Morgan fingerprint density at radius 2 is 1.68 bits per heavy atom. The van der Waals surface area contributed by atoms with Crippen molar-refractivity contribution in [3.05, 3.63) is 0 Å². The molecule has 2 heterocycles. The Morgan fingerprint density at radius 1 is 1.04 bits per heavy atom. The molecule has 2 fully saturated rings. The van der Waals surface area contributed by atoms with Crippen LogP contribution in [0.2, 0.25) is 0 Å². The van der Waals surface area contributed by atoms with Gasteiger partial charge in [-0.25, -0.2) is 4.79 Å². The number of rotatable bonds is 10. The number of aliphatic carboxylic acids is 2. The molecule has 9 heteroatoms. The van der Waals surface area contributed by atoms with Crippen LogP contribution in [0, 0.1) is 0 Å². The predicted molar refractivity (Wildman–Crippen MR) is 96.8 cm³/mol. The van der Waals surface area contributed by atoms with Gasteiger partial charge in [-0.15, -0.1) is 0 Å². The molecule has 8 nitrogen and oxygen atoms in total. The van der Waals surface area contributed by atoms with Gasteiger partial charge in [0, 0.05) is 23.8 Å². The first-order chi connectivity index (χ1) is 11.9. The Morgan fingerprint density at radius 3 is 2.28 bits per heavy atom. The van der Waals surface area contributed by atoms with Crippen LogP contribution < -0.4 is 16.4 Å². The summed E-state index contributed by atoms with van der Waals surface area (Å²) in [6.45, 7) is 0.666. The van der Waals surface area contributed by atoms with Crippen LogP contribution >= 0.6 is 11.8 Å². The van der Waals surface area contributed by atoms with Crippen LogP contribution in [0.1, 0.15) is 51.4 Å². The van der Waals surface area contributed by atoms with Gasteiger partial charge in [0.25, 0.3) is 0 Å². The highest BCUT2D eigenvalue weighted by Gasteiger charge is 2.42. The summed E-state index contributed by atoms with van der Waals surface area (Å²) in [7, 11) is 0. The van der Waals surface area contributed by atoms with Gasteiger partial charge in [-0.3, -0.25) is 9.59 Å². The number of carboxylic acids is 2. The second-order valence-electron chi connectivity index (χ2n) is 6.25. The second-order valence-corrected chi connectivity index (χ2v) is 7.53. The monoisotopic (exact) mass is 375 g/mol. The Balaban J connectivity index is 0.000000299. The van der Waals surface area contributed by atoms with Gasteiger partial charge < -0.3 is 26.6 Å². The summed E-state index contributed by atoms with van der Waals surface area (Å²) < 4.78 is 0. The molecule has 0 unspecified atom stereocenters. The first-order valence-corrected chi connectivity index (χ1v) is 9.81. The zero-order valence-corrected chi connectivity index (χ0v) is 15.2. The number of nitrogens with one attached hydrogen (secondary N) is 2. The summed E-state index contributed by atoms with van der Waals surface area (Å²) in [5, 5.41) is 23.0. The largest absolute Gasteiger partial charge is 0.481 e. The third kappa shape index (κ3) is 8.97. The van der Waals surface area contributed by atoms with Crippen molar-refractivity contribution in [3.63, 3.8) is 0 Å². The maximum atomic E-state index is 11.1. The normalized spacial score (nSPS) is 23.9. The van der Waals surface area contributed by atoms with Gasteiger partial charge in [0.05, 0.1) is 12.1 Å². The van der Waals surface area contributed by atoms with Crippen molar-refractivity contribution in [1.29, 1.82) is 0 Å². The molecule has 2 aliphatic rings. The zero-order valence-electron chi connectivity index (χ0n) is 14.4. The van der Waals surface area contributed by atoms with Crippen LogP contribution in [-0.4, -0.2) is 57.8 Å². The van der Waals surface area contributed by atoms with Crippen molar-refractivity contribution in [2.45, 2.75) is 68.7 Å². The van der Waals surface area contributed by atoms with Crippen molar-refractivity contribution >= 4 is 29.7 Å². The summed E-state index contributed by atoms with van der Waals surface area (Å²) in [4.78, 5) is 31.4. The van der Waals surface area contributed by atoms with Gasteiger partial charge in [-0.05, 0) is 32.2 Å². The van der Waals surface area contributed by atoms with Crippen molar-refractivity contribution in [2.75, 3.05) is 12.3 Å². The topological polar surface area (TPSA) is 142 Å². The average Bonchev–Trinajstić information content (AvgIpc) is 3.08. The Kier molecular flexibility index (Phi) is 10.3. The fourth-order valence-electron chi connectivity index (χ4n) is 2.86. The van der Waals surface area contributed by atoms with Crippen molar-refractivity contribution in [3.8, 4) is 0 Å². The first-order valence-electron chi connectivity index (χ1n) is 8.76. The number of carbonyl (C=O) groups is 3. The van der Waals surface area contributed by atoms with E-state index >= 15 is 0 Å². The molecular weight excluding hydrogens is 346 g/mol. The van der Waals surface area contributed by atoms with Crippen LogP contribution in [0.25, 0.3) is 0 Å². The van der Waals surface area contributed by atoms with E-state index in [1.54, 1.807) is 0 Å². The molecular formula is C16H29N3O5S. The van der Waals surface area contributed by atoms with Crippen molar-refractivity contribution in [1.82, 2.24) is 10.6 Å². The van der Waals surface area contributed by atoms with Gasteiger partial charge in [0.1, 0.15) is 0 Å². The van der Waals surface area contributed by atoms with Crippen molar-refractivity contribution < 1.29 is 24.6 Å². The molecule has 2 saturated heterocycles. The molecule has 0 aromatic rings. The zero-order chi connectivity index (χ0) is 18.7. The molecule has 0 aromatic carbocycles. The van der Waals surface area contributed by atoms with Crippen LogP contribution in [0.5, 0.6) is 0 Å². The van der Waals surface area contributed by atoms with E-state index in [0.717, 1.165) is 44.3 Å². The Hall–Kier alpha value is -1.48. The number of carboxylic acid groups (broad SMARTS) is 2. The molecule has 0 saturated carbocycles. The highest BCUT2D eigenvalue weighted by molar-refractivity contribution is 8.00. The average molecular weight is 375 g/mol. The minimum absolute atomic E-state index is 0.0640. The van der Waals surface area contributed by atoms with E-state index in [4.69, 9.17) is 15.9 Å². The van der Waals surface area contributed by atoms with Gasteiger partial charge in [-0.1, -0.05) is 12.8 Å². The molecule has 0 radical (unpaired) electrons. The third-order valence-corrected chi connectivity index (χ3v) is 5.67. The van der Waals surface area contributed by atoms with E-state index in [-0.39, 0.29) is 31.0 Å². The molecule has 3 atom stereocenters. The molecule has 6 N–H and O–H groups in total. The highest BCUT2D eigenvalue weighted by atomic mass is 32.2. The predicted octanol–water partition coefficient (Wildman–Crippen LogP) is 1.39. The van der Waals surface area contributed by atoms with E-state index in [2.05, 4.69) is 10.6 Å². The van der Waals surface area contributed by atoms with Crippen molar-refractivity contribution in [2.24, 2.45) is 5.73 Å². The quantitative estimate of drug-likeness (QED) is 0.287. The van der Waals surface area contributed by atoms with E-state index in [0.29, 0.717) is 11.8 Å². The van der Waals surface area contributed by atoms with Crippen LogP contribution in [-0.2, 0) is 9.59 Å². The van der Waals surface area contributed by atoms with Crippen LogP contribution in [0.15, 0.2) is 0 Å². The number of amides is 2. The highest BCUT2D eigenvalue weighted by Crippen LogP contribution is 2.33. The maximum Gasteiger partial charge on any atom is 0.315 e. The van der Waals surface area contributed by atoms with Crippen LogP contribution in [0.4, 0.5) is 4.79 Å². The minimum Gasteiger partial charge on any atom is -0.481 e. The Bertz CT molecular complexity index is 449. The van der Waals surface area contributed by atoms with E-state index < -0.39 is 11.9 Å². The number of fused-ring (bicyclic) bond motifs is 1. The molecule has 2 amide bonds. The molecule has 0 aromatic heterocycles. The van der Waals surface area contributed by atoms with Gasteiger partial charge in [0.15, 0.2) is 0 Å². The smallest absolute Gasteiger partial charge is 0.315 e. The summed E-state index contributed by atoms with van der Waals surface area (Å²) in [5.41, 5.74) is 5.20. The molecule has 0 spiro atoms. The molecule has 2 rings (SSSR count). The lowest BCUT2D eigenvalue weighted by molar-refractivity contribution is -0.138. The molecule has 0 aliphatic carbocycles. The standard InChI is InChI=1S/C10H16N2O3S.C6H13NO2/c13-8(14)4-2-1-3-7-9-6(5-16-7)11-10(15)12-9;7-5-3-1-2-4-6(8)9/h6-7,9H,1-5H2,(H,13,14)(H2,11,12,15);1-5,7H2,(H,8,9)/t6-,7-,9-;/m0./s1. The minimum atomic E-state index is -0.729. The van der Waals surface area contributed by atoms with E-state index in [9.17, 15) is 14.4 Å². The summed E-state index contributed by atoms with van der Waals surface area (Å²) in [5.74, 6) is -0.479. The third-order valence-electron chi connectivity index (χ3n) is 4.16. The van der Waals surface area contributed by atoms with Gasteiger partial charge in [0.2, 0.25) is 0 Å². The summed E-state index contributed by atoms with van der Waals surface area (Å²) in [6.07, 6.45) is 5.79. The van der Waals surface area contributed by atoms with E-state index in [1.165, 1.54) is 0 Å². The Labute approximate surface area is 152 Å². The number of urea groups is 1. The number of nitrogens with two attached hydrogens (primary N) is 1. The fourth-order valence-corrected chi connectivity index (χ4v) is 4.41. The lowest BCUT2D eigenvalue weighted by Crippen LogP contribution is -2.36. The second kappa shape index (κ2) is 12.0. The molecule has 144 valence electrons. The lowest BCUT2D eigenvalue weighted by Gasteiger charge is -2.16. The number of thioether (sulfide) groups is 1. The summed E-state index contributed by atoms with van der Waals surface area (Å²) >= 11 is 1.87. The maximum absolute atomic E-state index is 11.1. The summed E-state index contributed by atoms with van der Waals surface area (Å²) in [6, 6.07) is 0.440. The fraction of sp³-hybridized carbons (Fsp3) is 0.812. The van der Waals surface area contributed by atoms with Gasteiger partial charge >= 0.3 is 18.0 Å². The molecule has 0 bridgehead atoms. The lowest BCUT2D eigenvalue weighted by atomic mass is 10.0. The number of unbranched alkanes of at least 4 members (excludes halogenated alkanes) is 3. The number of hydrogen-bond acceptors (Lipinski definition) is 5. The molecule has 2 aliphatic heterocycles. The van der Waals surface area contributed by atoms with Gasteiger partial charge in [-0.2, -0.15) is 11.8 Å².